The lowest BCUT2D eigenvalue weighted by Crippen LogP contribution is -1.77. The van der Waals surface area contributed by atoms with Crippen LogP contribution in [0.5, 0.6) is 0 Å². The summed E-state index contributed by atoms with van der Waals surface area (Å²) < 4.78 is 0. The van der Waals surface area contributed by atoms with Crippen LogP contribution in [0.1, 0.15) is 62.3 Å². The number of rotatable bonds is 4. The number of hydrogen-bond donors (Lipinski definition) is 0. The molecule has 0 aliphatic heterocycles. The Morgan fingerprint density at radius 2 is 0.842 bits per heavy atom. The second kappa shape index (κ2) is 43.7. The van der Waals surface area contributed by atoms with E-state index in [1.165, 1.54) is 0 Å². The van der Waals surface area contributed by atoms with Crippen molar-refractivity contribution in [3.63, 3.8) is 0 Å². The third kappa shape index (κ3) is 26.4. The summed E-state index contributed by atoms with van der Waals surface area (Å²) in [5.74, 6) is 0. The monoisotopic (exact) mass is 266 g/mol. The van der Waals surface area contributed by atoms with Crippen molar-refractivity contribution < 1.29 is 0 Å². The lowest BCUT2D eigenvalue weighted by atomic mass is 10.1. The SMILES string of the molecule is C=CC(C=C)=C(C=C)/C=C\C.CC.CC.CC.CC. The summed E-state index contributed by atoms with van der Waals surface area (Å²) in [5, 5.41) is 0. The van der Waals surface area contributed by atoms with Gasteiger partial charge in [-0.2, -0.15) is 0 Å². The molecule has 0 unspecified atom stereocenters. The summed E-state index contributed by atoms with van der Waals surface area (Å²) in [6, 6.07) is 0. The Morgan fingerprint density at radius 1 is 0.579 bits per heavy atom. The molecule has 0 aromatic heterocycles. The highest BCUT2D eigenvalue weighted by Crippen LogP contribution is 2.09. The van der Waals surface area contributed by atoms with E-state index in [2.05, 4.69) is 19.7 Å². The van der Waals surface area contributed by atoms with E-state index in [0.717, 1.165) is 11.1 Å². The average Bonchev–Trinajstić information content (AvgIpc) is 2.55. The van der Waals surface area contributed by atoms with Crippen LogP contribution in [-0.4, -0.2) is 0 Å². The molecule has 0 nitrogen and oxygen atoms in total. The van der Waals surface area contributed by atoms with Crippen LogP contribution in [0.3, 0.4) is 0 Å². The maximum atomic E-state index is 3.69. The summed E-state index contributed by atoms with van der Waals surface area (Å²) in [6.07, 6.45) is 9.27. The van der Waals surface area contributed by atoms with Crippen LogP contribution < -0.4 is 0 Å². The van der Waals surface area contributed by atoms with E-state index in [-0.39, 0.29) is 0 Å². The van der Waals surface area contributed by atoms with E-state index < -0.39 is 0 Å². The van der Waals surface area contributed by atoms with Gasteiger partial charge in [0.2, 0.25) is 0 Å². The number of allylic oxidation sites excluding steroid dienone is 7. The predicted octanol–water partition coefficient (Wildman–Crippen LogP) is 7.52. The van der Waals surface area contributed by atoms with Crippen LogP contribution in [0.15, 0.2) is 61.3 Å². The molecule has 0 aliphatic carbocycles. The van der Waals surface area contributed by atoms with Gasteiger partial charge in [0.05, 0.1) is 0 Å². The van der Waals surface area contributed by atoms with Crippen LogP contribution in [-0.2, 0) is 0 Å². The first-order valence-electron chi connectivity index (χ1n) is 7.54. The topological polar surface area (TPSA) is 0 Å². The Labute approximate surface area is 124 Å². The summed E-state index contributed by atoms with van der Waals surface area (Å²) in [4.78, 5) is 0. The highest BCUT2D eigenvalue weighted by atomic mass is 13.9. The van der Waals surface area contributed by atoms with E-state index in [1.807, 2.05) is 74.5 Å². The van der Waals surface area contributed by atoms with Crippen molar-refractivity contribution in [3.8, 4) is 0 Å². The van der Waals surface area contributed by atoms with Gasteiger partial charge in [-0.1, -0.05) is 106 Å². The van der Waals surface area contributed by atoms with E-state index in [1.54, 1.807) is 18.2 Å². The minimum atomic E-state index is 1.01. The molecular weight excluding hydrogens is 228 g/mol. The minimum Gasteiger partial charge on any atom is -0.0984 e. The van der Waals surface area contributed by atoms with Gasteiger partial charge in [0.15, 0.2) is 0 Å². The minimum absolute atomic E-state index is 1.01. The summed E-state index contributed by atoms with van der Waals surface area (Å²) in [7, 11) is 0. The van der Waals surface area contributed by atoms with Crippen LogP contribution >= 0.6 is 0 Å². The van der Waals surface area contributed by atoms with Gasteiger partial charge < -0.3 is 0 Å². The first-order valence-corrected chi connectivity index (χ1v) is 7.54. The summed E-state index contributed by atoms with van der Waals surface area (Å²) in [5.41, 5.74) is 2.07. The Hall–Kier alpha value is -1.30. The second-order valence-corrected chi connectivity index (χ2v) is 2.02. The van der Waals surface area contributed by atoms with E-state index in [0.29, 0.717) is 0 Å². The van der Waals surface area contributed by atoms with Crippen LogP contribution in [0, 0.1) is 0 Å². The van der Waals surface area contributed by atoms with Gasteiger partial charge in [-0.3, -0.25) is 0 Å². The van der Waals surface area contributed by atoms with Crippen molar-refractivity contribution in [1.29, 1.82) is 0 Å². The normalized spacial score (nSPS) is 6.58. The molecule has 0 N–H and O–H groups in total. The third-order valence-corrected chi connectivity index (χ3v) is 1.34. The maximum Gasteiger partial charge on any atom is -0.0194 e. The summed E-state index contributed by atoms with van der Waals surface area (Å²) >= 11 is 0. The van der Waals surface area contributed by atoms with Crippen molar-refractivity contribution in [3.05, 3.63) is 61.3 Å². The van der Waals surface area contributed by atoms with Crippen molar-refractivity contribution in [2.45, 2.75) is 62.3 Å². The summed E-state index contributed by atoms with van der Waals surface area (Å²) in [6.45, 7) is 29.0. The zero-order valence-electron chi connectivity index (χ0n) is 15.0. The third-order valence-electron chi connectivity index (χ3n) is 1.34. The smallest absolute Gasteiger partial charge is 0.0194 e. The molecule has 0 atom stereocenters. The van der Waals surface area contributed by atoms with Gasteiger partial charge in [-0.25, -0.2) is 0 Å². The molecule has 0 heteroatoms. The molecule has 0 saturated heterocycles. The maximum absolute atomic E-state index is 3.69. The lowest BCUT2D eigenvalue weighted by Gasteiger charge is -1.97. The van der Waals surface area contributed by atoms with Gasteiger partial charge in [-0.15, -0.1) is 0 Å². The Morgan fingerprint density at radius 3 is 1.00 bits per heavy atom. The molecule has 0 fully saturated rings. The van der Waals surface area contributed by atoms with Crippen molar-refractivity contribution in [1.82, 2.24) is 0 Å². The predicted molar refractivity (Wildman–Crippen MR) is 97.8 cm³/mol. The first-order chi connectivity index (χ1) is 9.29. The zero-order valence-corrected chi connectivity index (χ0v) is 15.0. The van der Waals surface area contributed by atoms with Gasteiger partial charge in [-0.05, 0) is 18.1 Å². The molecular formula is C19H38. The Balaban J connectivity index is -0.0000000693. The molecule has 0 radical (unpaired) electrons. The molecule has 0 aromatic rings. The highest BCUT2D eigenvalue weighted by molar-refractivity contribution is 5.44. The standard InChI is InChI=1S/C11H14.4C2H6/c1-5-9-11(8-4)10(6-2)7-3;4*1-2/h5-9H,2-4H2,1H3;4*1-2H3/b9-5-;;;;. The zero-order chi connectivity index (χ0) is 16.7. The van der Waals surface area contributed by atoms with Crippen LogP contribution in [0.25, 0.3) is 0 Å². The molecule has 0 amide bonds. The fourth-order valence-corrected chi connectivity index (χ4v) is 0.781. The quantitative estimate of drug-likeness (QED) is 0.461. The first kappa shape index (κ1) is 30.6. The molecule has 0 heterocycles. The van der Waals surface area contributed by atoms with Gasteiger partial charge in [0.1, 0.15) is 0 Å². The van der Waals surface area contributed by atoms with E-state index >= 15 is 0 Å². The Bertz CT molecular complexity index is 204. The van der Waals surface area contributed by atoms with Crippen molar-refractivity contribution >= 4 is 0 Å². The van der Waals surface area contributed by atoms with Gasteiger partial charge >= 0.3 is 0 Å². The molecule has 0 aromatic carbocycles. The average molecular weight is 267 g/mol. The van der Waals surface area contributed by atoms with Crippen LogP contribution in [0.2, 0.25) is 0 Å². The van der Waals surface area contributed by atoms with E-state index in [9.17, 15) is 0 Å². The molecule has 0 spiro atoms. The van der Waals surface area contributed by atoms with Gasteiger partial charge in [0, 0.05) is 0 Å². The fraction of sp³-hybridized carbons (Fsp3) is 0.474. The molecule has 0 bridgehead atoms. The molecule has 19 heavy (non-hydrogen) atoms. The second-order valence-electron chi connectivity index (χ2n) is 2.02. The Kier molecular flexibility index (Phi) is 70.5. The molecule has 0 saturated carbocycles. The van der Waals surface area contributed by atoms with E-state index in [4.69, 9.17) is 0 Å². The fourth-order valence-electron chi connectivity index (χ4n) is 0.781. The molecule has 0 rings (SSSR count). The van der Waals surface area contributed by atoms with Crippen LogP contribution in [0.4, 0.5) is 0 Å². The molecule has 114 valence electrons. The largest absolute Gasteiger partial charge is 0.0984 e. The lowest BCUT2D eigenvalue weighted by molar-refractivity contribution is 1.50. The highest BCUT2D eigenvalue weighted by Gasteiger charge is 1.89. The van der Waals surface area contributed by atoms with Crippen molar-refractivity contribution in [2.75, 3.05) is 0 Å². The van der Waals surface area contributed by atoms with Gasteiger partial charge in [0.25, 0.3) is 0 Å². The number of hydrogen-bond acceptors (Lipinski definition) is 0. The van der Waals surface area contributed by atoms with Crippen molar-refractivity contribution in [2.24, 2.45) is 0 Å². The molecule has 0 aliphatic rings.